The second-order valence-electron chi connectivity index (χ2n) is 6.26. The van der Waals surface area contributed by atoms with Crippen molar-refractivity contribution >= 4 is 17.4 Å². The monoisotopic (exact) mass is 370 g/mol. The Balaban J connectivity index is 2.10. The molecule has 0 aromatic heterocycles. The number of nitrogens with zero attached hydrogens (tertiary/aromatic N) is 1. The van der Waals surface area contributed by atoms with Crippen LogP contribution in [0.25, 0.3) is 11.1 Å². The topological polar surface area (TPSA) is 83.7 Å². The van der Waals surface area contributed by atoms with E-state index in [0.717, 1.165) is 17.5 Å². The van der Waals surface area contributed by atoms with Gasteiger partial charge >= 0.3 is 11.7 Å². The Hall–Kier alpha value is -3.02. The fourth-order valence-corrected chi connectivity index (χ4v) is 2.88. The van der Waals surface area contributed by atoms with Crippen LogP contribution in [-0.4, -0.2) is 28.5 Å². The van der Waals surface area contributed by atoms with Crippen LogP contribution in [0.1, 0.15) is 43.5 Å². The van der Waals surface area contributed by atoms with Crippen LogP contribution in [-0.2, 0) is 9.53 Å². The first-order valence-electron chi connectivity index (χ1n) is 9.02. The Labute approximate surface area is 158 Å². The van der Waals surface area contributed by atoms with E-state index in [2.05, 4.69) is 0 Å². The van der Waals surface area contributed by atoms with Crippen LogP contribution in [0.15, 0.2) is 48.5 Å². The summed E-state index contributed by atoms with van der Waals surface area (Å²) in [5, 5.41) is 8.87. The summed E-state index contributed by atoms with van der Waals surface area (Å²) in [5.74, 6) is -0.824. The summed E-state index contributed by atoms with van der Waals surface area (Å²) in [7, 11) is 0. The minimum atomic E-state index is -0.414. The molecule has 1 unspecified atom stereocenters. The fraction of sp³-hybridized carbons (Fsp3) is 0.333. The predicted molar refractivity (Wildman–Crippen MR) is 101 cm³/mol. The zero-order valence-electron chi connectivity index (χ0n) is 15.6. The number of rotatable bonds is 9. The molecule has 0 radical (unpaired) electrons. The summed E-state index contributed by atoms with van der Waals surface area (Å²) < 4.78 is 5.06. The summed E-state index contributed by atoms with van der Waals surface area (Å²) in [6.07, 6.45) is 1.56. The lowest BCUT2D eigenvalue weighted by Gasteiger charge is -2.14. The van der Waals surface area contributed by atoms with E-state index < -0.39 is 5.92 Å². The average Bonchev–Trinajstić information content (AvgIpc) is 2.68. The van der Waals surface area contributed by atoms with Crippen molar-refractivity contribution in [2.75, 3.05) is 6.61 Å². The maximum absolute atomic E-state index is 12.5. The number of hydrogen-bond donors (Lipinski definition) is 1. The van der Waals surface area contributed by atoms with E-state index >= 15 is 0 Å². The van der Waals surface area contributed by atoms with Gasteiger partial charge in [-0.1, -0.05) is 37.6 Å². The molecular weight excluding hydrogens is 346 g/mol. The van der Waals surface area contributed by atoms with E-state index in [1.54, 1.807) is 31.2 Å². The minimum Gasteiger partial charge on any atom is -0.466 e. The summed E-state index contributed by atoms with van der Waals surface area (Å²) in [5.41, 5.74) is 2.42. The highest BCUT2D eigenvalue weighted by atomic mass is 16.6. The number of carbonyl (C=O) groups excluding carboxylic acids is 2. The molecule has 0 aliphatic heterocycles. The highest BCUT2D eigenvalue weighted by molar-refractivity contribution is 5.98. The van der Waals surface area contributed by atoms with E-state index in [4.69, 9.17) is 9.94 Å². The lowest BCUT2D eigenvalue weighted by atomic mass is 9.93. The molecule has 0 amide bonds. The zero-order chi connectivity index (χ0) is 19.8. The van der Waals surface area contributed by atoms with Crippen molar-refractivity contribution < 1.29 is 24.5 Å². The Morgan fingerprint density at radius 1 is 1.00 bits per heavy atom. The average molecular weight is 370 g/mol. The Bertz CT molecular complexity index is 796. The molecule has 6 heteroatoms. The molecule has 142 valence electrons. The number of Topliss-reactive ketones (excluding diaryl/α,β-unsaturated/α-hetero) is 1. The molecule has 0 bridgehead atoms. The van der Waals surface area contributed by atoms with Gasteiger partial charge in [0.1, 0.15) is 0 Å². The van der Waals surface area contributed by atoms with Crippen LogP contribution >= 0.6 is 0 Å². The van der Waals surface area contributed by atoms with Crippen molar-refractivity contribution in [2.45, 2.75) is 33.1 Å². The molecule has 2 rings (SSSR count). The van der Waals surface area contributed by atoms with Crippen molar-refractivity contribution in [1.29, 1.82) is 0 Å². The molecule has 0 saturated carbocycles. The van der Waals surface area contributed by atoms with Crippen LogP contribution in [0.3, 0.4) is 0 Å². The van der Waals surface area contributed by atoms with E-state index in [-0.39, 0.29) is 28.8 Å². The van der Waals surface area contributed by atoms with Crippen LogP contribution in [0.4, 0.5) is 5.69 Å². The number of hydrogen-bond acceptors (Lipinski definition) is 4. The molecule has 6 nitrogen and oxygen atoms in total. The van der Waals surface area contributed by atoms with Crippen molar-refractivity contribution in [3.05, 3.63) is 59.0 Å². The quantitative estimate of drug-likeness (QED) is 0.393. The largest absolute Gasteiger partial charge is 0.466 e. The van der Waals surface area contributed by atoms with E-state index in [1.165, 1.54) is 12.1 Å². The first-order chi connectivity index (χ1) is 13.0. The number of ketones is 1. The van der Waals surface area contributed by atoms with Gasteiger partial charge in [0, 0.05) is 24.1 Å². The molecule has 0 aliphatic carbocycles. The molecule has 0 spiro atoms. The van der Waals surface area contributed by atoms with Crippen molar-refractivity contribution in [3.63, 3.8) is 0 Å². The summed E-state index contributed by atoms with van der Waals surface area (Å²) in [6.45, 7) is 4.03. The van der Waals surface area contributed by atoms with Crippen LogP contribution in [0, 0.1) is 10.8 Å². The van der Waals surface area contributed by atoms with E-state index in [9.17, 15) is 14.5 Å². The normalized spacial score (nSPS) is 11.6. The third-order valence-corrected chi connectivity index (χ3v) is 4.32. The third kappa shape index (κ3) is 5.48. The zero-order valence-corrected chi connectivity index (χ0v) is 15.6. The van der Waals surface area contributed by atoms with Crippen molar-refractivity contribution in [3.8, 4) is 11.1 Å². The lowest BCUT2D eigenvalue weighted by Crippen LogP contribution is -2.21. The van der Waals surface area contributed by atoms with Crippen molar-refractivity contribution in [2.24, 2.45) is 5.92 Å². The highest BCUT2D eigenvalue weighted by Crippen LogP contribution is 2.24. The van der Waals surface area contributed by atoms with Gasteiger partial charge in [-0.25, -0.2) is 5.21 Å². The van der Waals surface area contributed by atoms with Gasteiger partial charge in [-0.2, -0.15) is 0 Å². The Kier molecular flexibility index (Phi) is 7.23. The van der Waals surface area contributed by atoms with Gasteiger partial charge in [0.05, 0.1) is 17.4 Å². The fourth-order valence-electron chi connectivity index (χ4n) is 2.88. The van der Waals surface area contributed by atoms with Gasteiger partial charge in [0.2, 0.25) is 0 Å². The van der Waals surface area contributed by atoms with Gasteiger partial charge in [-0.05, 0) is 36.6 Å². The van der Waals surface area contributed by atoms with Gasteiger partial charge in [-0.3, -0.25) is 9.59 Å². The summed E-state index contributed by atoms with van der Waals surface area (Å²) in [6, 6.07) is 13.5. The lowest BCUT2D eigenvalue weighted by molar-refractivity contribution is -0.729. The van der Waals surface area contributed by atoms with E-state index in [0.29, 0.717) is 18.6 Å². The number of benzene rings is 2. The second kappa shape index (κ2) is 9.62. The van der Waals surface area contributed by atoms with Gasteiger partial charge in [-0.15, -0.1) is 0 Å². The molecule has 2 aromatic carbocycles. The molecular formula is C21H24NO5+. The third-order valence-electron chi connectivity index (χ3n) is 4.32. The molecule has 27 heavy (non-hydrogen) atoms. The number of ether oxygens (including phenoxy) is 1. The SMILES string of the molecule is CCCC(CC(=O)c1ccc(-c2ccc([N+](=O)O)cc2)cc1)C(=O)OCC. The molecule has 0 fully saturated rings. The first-order valence-corrected chi connectivity index (χ1v) is 9.02. The van der Waals surface area contributed by atoms with Gasteiger partial charge in [0.25, 0.3) is 4.92 Å². The Morgan fingerprint density at radius 2 is 1.56 bits per heavy atom. The summed E-state index contributed by atoms with van der Waals surface area (Å²) in [4.78, 5) is 35.2. The molecule has 0 saturated heterocycles. The van der Waals surface area contributed by atoms with Gasteiger partial charge in [0.15, 0.2) is 5.78 Å². The molecule has 1 atom stereocenters. The maximum atomic E-state index is 12.5. The van der Waals surface area contributed by atoms with Crippen LogP contribution in [0.5, 0.6) is 0 Å². The minimum absolute atomic E-state index is 0.0920. The molecule has 1 N–H and O–H groups in total. The van der Waals surface area contributed by atoms with Gasteiger partial charge < -0.3 is 4.74 Å². The smallest absolute Gasteiger partial charge is 0.316 e. The molecule has 0 aliphatic rings. The highest BCUT2D eigenvalue weighted by Gasteiger charge is 2.23. The number of esters is 1. The second-order valence-corrected chi connectivity index (χ2v) is 6.26. The predicted octanol–water partition coefficient (Wildman–Crippen LogP) is 4.71. The maximum Gasteiger partial charge on any atom is 0.316 e. The van der Waals surface area contributed by atoms with Crippen LogP contribution in [0.2, 0.25) is 0 Å². The standard InChI is InChI=1S/C21H24NO5/c1-3-5-18(21(24)27-4-2)14-20(23)17-8-6-15(7-9-17)16-10-12-19(13-11-16)22(25)26/h6-13,18H,3-5,14H2,1-2H3,(H,25,26)/q+1. The molecule has 0 heterocycles. The molecule has 2 aromatic rings. The number of carbonyl (C=O) groups is 2. The van der Waals surface area contributed by atoms with E-state index in [1.807, 2.05) is 19.1 Å². The van der Waals surface area contributed by atoms with Crippen LogP contribution < -0.4 is 0 Å². The van der Waals surface area contributed by atoms with Crippen molar-refractivity contribution in [1.82, 2.24) is 0 Å². The summed E-state index contributed by atoms with van der Waals surface area (Å²) >= 11 is 0. The first kappa shape index (κ1) is 20.3. The Morgan fingerprint density at radius 3 is 2.04 bits per heavy atom.